The minimum Gasteiger partial charge on any atom is -0.481 e. The summed E-state index contributed by atoms with van der Waals surface area (Å²) in [5, 5.41) is 18.8. The summed E-state index contributed by atoms with van der Waals surface area (Å²) in [7, 11) is 0. The first-order chi connectivity index (χ1) is 6.31. The van der Waals surface area contributed by atoms with E-state index in [-0.39, 0.29) is 12.3 Å². The summed E-state index contributed by atoms with van der Waals surface area (Å²) in [6, 6.07) is 0. The van der Waals surface area contributed by atoms with Crippen molar-refractivity contribution in [2.24, 2.45) is 17.6 Å². The molecule has 0 saturated carbocycles. The predicted octanol–water partition coefficient (Wildman–Crippen LogP) is 0.833. The van der Waals surface area contributed by atoms with Crippen molar-refractivity contribution in [3.05, 3.63) is 0 Å². The Kier molecular flexibility index (Phi) is 5.08. The number of rotatable bonds is 6. The fraction of sp³-hybridized carbons (Fsp3) is 0.900. The molecule has 0 aromatic carbocycles. The molecule has 2 unspecified atom stereocenters. The number of hydrogen-bond donors (Lipinski definition) is 3. The third-order valence-corrected chi connectivity index (χ3v) is 2.77. The molecule has 2 atom stereocenters. The molecule has 0 amide bonds. The number of aliphatic carboxylic acids is 1. The van der Waals surface area contributed by atoms with Crippen molar-refractivity contribution in [3.63, 3.8) is 0 Å². The van der Waals surface area contributed by atoms with Crippen LogP contribution >= 0.6 is 0 Å². The van der Waals surface area contributed by atoms with Crippen LogP contribution in [0.2, 0.25) is 0 Å². The van der Waals surface area contributed by atoms with Gasteiger partial charge in [0.05, 0.1) is 11.5 Å². The Hall–Kier alpha value is -0.610. The number of carboxylic acids is 1. The zero-order chi connectivity index (χ0) is 11.4. The van der Waals surface area contributed by atoms with Crippen LogP contribution in [0, 0.1) is 11.8 Å². The Bertz CT molecular complexity index is 190. The summed E-state index contributed by atoms with van der Waals surface area (Å²) in [6.07, 6.45) is 0.676. The van der Waals surface area contributed by atoms with Gasteiger partial charge in [-0.15, -0.1) is 0 Å². The van der Waals surface area contributed by atoms with E-state index in [0.29, 0.717) is 13.0 Å². The smallest absolute Gasteiger partial charge is 0.306 e. The van der Waals surface area contributed by atoms with Crippen LogP contribution < -0.4 is 5.73 Å². The summed E-state index contributed by atoms with van der Waals surface area (Å²) in [5.74, 6) is -1.38. The lowest BCUT2D eigenvalue weighted by atomic mass is 9.82. The Labute approximate surface area is 85.1 Å². The lowest BCUT2D eigenvalue weighted by Gasteiger charge is -2.30. The lowest BCUT2D eigenvalue weighted by Crippen LogP contribution is -2.36. The molecule has 4 heteroatoms. The van der Waals surface area contributed by atoms with Crippen molar-refractivity contribution in [1.29, 1.82) is 0 Å². The van der Waals surface area contributed by atoms with Crippen molar-refractivity contribution in [2.45, 2.75) is 39.2 Å². The van der Waals surface area contributed by atoms with E-state index in [4.69, 9.17) is 10.8 Å². The highest BCUT2D eigenvalue weighted by Crippen LogP contribution is 2.26. The number of aliphatic hydroxyl groups is 1. The highest BCUT2D eigenvalue weighted by atomic mass is 16.4. The average molecular weight is 203 g/mol. The molecule has 0 aliphatic heterocycles. The monoisotopic (exact) mass is 203 g/mol. The first-order valence-electron chi connectivity index (χ1n) is 4.96. The molecule has 0 fully saturated rings. The second-order valence-corrected chi connectivity index (χ2v) is 4.33. The quantitative estimate of drug-likeness (QED) is 0.597. The summed E-state index contributed by atoms with van der Waals surface area (Å²) in [4.78, 5) is 10.8. The normalized spacial score (nSPS) is 17.9. The summed E-state index contributed by atoms with van der Waals surface area (Å²) < 4.78 is 0. The number of nitrogens with two attached hydrogens (primary N) is 1. The van der Waals surface area contributed by atoms with Gasteiger partial charge in [-0.1, -0.05) is 13.8 Å². The van der Waals surface area contributed by atoms with Gasteiger partial charge in [0.25, 0.3) is 0 Å². The minimum absolute atomic E-state index is 0.0436. The van der Waals surface area contributed by atoms with Crippen LogP contribution in [0.5, 0.6) is 0 Å². The molecule has 0 spiro atoms. The van der Waals surface area contributed by atoms with Crippen LogP contribution in [0.25, 0.3) is 0 Å². The van der Waals surface area contributed by atoms with Gasteiger partial charge in [0.2, 0.25) is 0 Å². The van der Waals surface area contributed by atoms with Crippen molar-refractivity contribution in [1.82, 2.24) is 0 Å². The average Bonchev–Trinajstić information content (AvgIpc) is 2.02. The molecule has 0 aliphatic rings. The van der Waals surface area contributed by atoms with Crippen molar-refractivity contribution >= 4 is 5.97 Å². The van der Waals surface area contributed by atoms with E-state index < -0.39 is 17.5 Å². The maximum absolute atomic E-state index is 10.8. The number of carbonyl (C=O) groups is 1. The van der Waals surface area contributed by atoms with Gasteiger partial charge in [-0.05, 0) is 32.2 Å². The van der Waals surface area contributed by atoms with E-state index in [1.807, 2.05) is 13.8 Å². The van der Waals surface area contributed by atoms with Crippen LogP contribution in [0.4, 0.5) is 0 Å². The van der Waals surface area contributed by atoms with Crippen LogP contribution in [0.3, 0.4) is 0 Å². The van der Waals surface area contributed by atoms with Crippen LogP contribution in [0.1, 0.15) is 33.6 Å². The molecule has 14 heavy (non-hydrogen) atoms. The molecule has 0 radical (unpaired) electrons. The minimum atomic E-state index is -0.932. The van der Waals surface area contributed by atoms with E-state index in [1.165, 1.54) is 0 Å². The number of carboxylic acid groups (broad SMARTS) is 1. The van der Waals surface area contributed by atoms with Crippen molar-refractivity contribution in [3.8, 4) is 0 Å². The summed E-state index contributed by atoms with van der Waals surface area (Å²) in [5.41, 5.74) is 4.38. The standard InChI is InChI=1S/C10H21NO3/c1-7(2)10(3,14)6-8(4-5-11)9(12)13/h7-8,14H,4-6,11H2,1-3H3,(H,12,13). The van der Waals surface area contributed by atoms with Gasteiger partial charge < -0.3 is 15.9 Å². The first-order valence-corrected chi connectivity index (χ1v) is 4.96. The highest BCUT2D eigenvalue weighted by Gasteiger charge is 2.31. The van der Waals surface area contributed by atoms with Crippen LogP contribution in [0.15, 0.2) is 0 Å². The molecule has 0 heterocycles. The van der Waals surface area contributed by atoms with Gasteiger partial charge in [0.15, 0.2) is 0 Å². The van der Waals surface area contributed by atoms with E-state index in [1.54, 1.807) is 6.92 Å². The van der Waals surface area contributed by atoms with Crippen molar-refractivity contribution < 1.29 is 15.0 Å². The molecule has 0 aliphatic carbocycles. The molecule has 0 aromatic rings. The molecule has 0 bridgehead atoms. The number of hydrogen-bond acceptors (Lipinski definition) is 3. The van der Waals surface area contributed by atoms with Gasteiger partial charge in [-0.3, -0.25) is 4.79 Å². The predicted molar refractivity (Wildman–Crippen MR) is 54.9 cm³/mol. The van der Waals surface area contributed by atoms with Gasteiger partial charge >= 0.3 is 5.97 Å². The summed E-state index contributed by atoms with van der Waals surface area (Å²) >= 11 is 0. The third-order valence-electron chi connectivity index (χ3n) is 2.77. The van der Waals surface area contributed by atoms with Gasteiger partial charge in [-0.2, -0.15) is 0 Å². The molecular weight excluding hydrogens is 182 g/mol. The molecule has 84 valence electrons. The fourth-order valence-corrected chi connectivity index (χ4v) is 1.25. The van der Waals surface area contributed by atoms with E-state index in [0.717, 1.165) is 0 Å². The maximum Gasteiger partial charge on any atom is 0.306 e. The van der Waals surface area contributed by atoms with E-state index in [2.05, 4.69) is 0 Å². The summed E-state index contributed by atoms with van der Waals surface area (Å²) in [6.45, 7) is 5.76. The van der Waals surface area contributed by atoms with Crippen molar-refractivity contribution in [2.75, 3.05) is 6.54 Å². The second kappa shape index (κ2) is 5.32. The van der Waals surface area contributed by atoms with E-state index in [9.17, 15) is 9.90 Å². The largest absolute Gasteiger partial charge is 0.481 e. The van der Waals surface area contributed by atoms with Gasteiger partial charge in [-0.25, -0.2) is 0 Å². The zero-order valence-electron chi connectivity index (χ0n) is 9.16. The highest BCUT2D eigenvalue weighted by molar-refractivity contribution is 5.70. The maximum atomic E-state index is 10.8. The zero-order valence-corrected chi connectivity index (χ0v) is 9.16. The van der Waals surface area contributed by atoms with E-state index >= 15 is 0 Å². The topological polar surface area (TPSA) is 83.5 Å². The molecular formula is C10H21NO3. The Balaban J connectivity index is 4.35. The molecule has 4 N–H and O–H groups in total. The lowest BCUT2D eigenvalue weighted by molar-refractivity contribution is -0.145. The molecule has 4 nitrogen and oxygen atoms in total. The molecule has 0 aromatic heterocycles. The van der Waals surface area contributed by atoms with Crippen LogP contribution in [-0.2, 0) is 4.79 Å². The fourth-order valence-electron chi connectivity index (χ4n) is 1.25. The first kappa shape index (κ1) is 13.4. The second-order valence-electron chi connectivity index (χ2n) is 4.33. The Morgan fingerprint density at radius 2 is 2.00 bits per heavy atom. The molecule has 0 rings (SSSR count). The Morgan fingerprint density at radius 1 is 1.50 bits per heavy atom. The van der Waals surface area contributed by atoms with Crippen LogP contribution in [-0.4, -0.2) is 28.3 Å². The van der Waals surface area contributed by atoms with Gasteiger partial charge in [0.1, 0.15) is 0 Å². The van der Waals surface area contributed by atoms with Gasteiger partial charge in [0, 0.05) is 0 Å². The molecule has 0 saturated heterocycles. The Morgan fingerprint density at radius 3 is 2.29 bits per heavy atom. The third kappa shape index (κ3) is 4.07. The SMILES string of the molecule is CC(C)C(C)(O)CC(CCN)C(=O)O.